The van der Waals surface area contributed by atoms with Crippen molar-refractivity contribution in [2.75, 3.05) is 19.6 Å². The van der Waals surface area contributed by atoms with Crippen molar-refractivity contribution >= 4 is 5.97 Å². The van der Waals surface area contributed by atoms with Crippen molar-refractivity contribution in [3.8, 4) is 0 Å². The molecule has 0 radical (unpaired) electrons. The number of likely N-dealkylation sites (tertiary alicyclic amines) is 1. The topological polar surface area (TPSA) is 40.5 Å². The summed E-state index contributed by atoms with van der Waals surface area (Å²) in [7, 11) is 0. The quantitative estimate of drug-likeness (QED) is 0.798. The van der Waals surface area contributed by atoms with Gasteiger partial charge in [0.2, 0.25) is 0 Å². The Bertz CT molecular complexity index is 263. The van der Waals surface area contributed by atoms with Crippen LogP contribution in [0.25, 0.3) is 0 Å². The van der Waals surface area contributed by atoms with E-state index in [0.29, 0.717) is 0 Å². The maximum atomic E-state index is 11.4. The van der Waals surface area contributed by atoms with Gasteiger partial charge < -0.3 is 10.0 Å². The summed E-state index contributed by atoms with van der Waals surface area (Å²) in [4.78, 5) is 13.8. The predicted octanol–water partition coefficient (Wildman–Crippen LogP) is 2.36. The minimum absolute atomic E-state index is 0.456. The summed E-state index contributed by atoms with van der Waals surface area (Å²) in [5, 5.41) is 9.39. The van der Waals surface area contributed by atoms with Gasteiger partial charge in [-0.05, 0) is 44.6 Å². The smallest absolute Gasteiger partial charge is 0.310 e. The van der Waals surface area contributed by atoms with Crippen molar-refractivity contribution in [2.24, 2.45) is 11.3 Å². The average Bonchev–Trinajstić information content (AvgIpc) is 2.23. The van der Waals surface area contributed by atoms with Crippen LogP contribution in [-0.4, -0.2) is 35.6 Å². The fourth-order valence-corrected chi connectivity index (χ4v) is 3.04. The summed E-state index contributed by atoms with van der Waals surface area (Å²) < 4.78 is 0. The average molecular weight is 225 g/mol. The first-order valence-electron chi connectivity index (χ1n) is 6.62. The lowest BCUT2D eigenvalue weighted by molar-refractivity contribution is -0.153. The summed E-state index contributed by atoms with van der Waals surface area (Å²) in [6.07, 6.45) is 6.75. The summed E-state index contributed by atoms with van der Waals surface area (Å²) in [5.74, 6) is 0.259. The van der Waals surface area contributed by atoms with E-state index in [9.17, 15) is 9.90 Å². The highest BCUT2D eigenvalue weighted by Crippen LogP contribution is 2.35. The van der Waals surface area contributed by atoms with Gasteiger partial charge in [0.05, 0.1) is 5.41 Å². The first kappa shape index (κ1) is 11.9. The zero-order valence-electron chi connectivity index (χ0n) is 10.2. The van der Waals surface area contributed by atoms with E-state index in [1.807, 2.05) is 6.92 Å². The number of hydrogen-bond acceptors (Lipinski definition) is 2. The van der Waals surface area contributed by atoms with E-state index < -0.39 is 11.4 Å². The Morgan fingerprint density at radius 2 is 2.19 bits per heavy atom. The minimum atomic E-state index is -0.590. The number of carboxylic acid groups (broad SMARTS) is 1. The molecule has 1 N–H and O–H groups in total. The van der Waals surface area contributed by atoms with Gasteiger partial charge in [-0.15, -0.1) is 0 Å². The zero-order chi connectivity index (χ0) is 11.6. The Morgan fingerprint density at radius 3 is 2.69 bits per heavy atom. The zero-order valence-corrected chi connectivity index (χ0v) is 10.2. The lowest BCUT2D eigenvalue weighted by atomic mass is 9.76. The Balaban J connectivity index is 1.93. The molecule has 0 aromatic carbocycles. The van der Waals surface area contributed by atoms with Gasteiger partial charge in [-0.2, -0.15) is 0 Å². The molecule has 1 aliphatic heterocycles. The van der Waals surface area contributed by atoms with Crippen molar-refractivity contribution < 1.29 is 9.90 Å². The fraction of sp³-hybridized carbons (Fsp3) is 0.923. The lowest BCUT2D eigenvalue weighted by Gasteiger charge is -2.42. The van der Waals surface area contributed by atoms with Crippen LogP contribution in [0.15, 0.2) is 0 Å². The van der Waals surface area contributed by atoms with Crippen LogP contribution in [-0.2, 0) is 4.79 Å². The molecular formula is C13H23NO2. The highest BCUT2D eigenvalue weighted by molar-refractivity contribution is 5.75. The molecule has 1 saturated heterocycles. The lowest BCUT2D eigenvalue weighted by Crippen LogP contribution is -2.49. The predicted molar refractivity (Wildman–Crippen MR) is 63.4 cm³/mol. The summed E-state index contributed by atoms with van der Waals surface area (Å²) in [6.45, 7) is 5.02. The Hall–Kier alpha value is -0.570. The third-order valence-electron chi connectivity index (χ3n) is 4.53. The largest absolute Gasteiger partial charge is 0.481 e. The van der Waals surface area contributed by atoms with Gasteiger partial charge in [0.1, 0.15) is 0 Å². The number of carbonyl (C=O) groups is 1. The number of aliphatic carboxylic acids is 1. The van der Waals surface area contributed by atoms with Gasteiger partial charge in [-0.3, -0.25) is 4.79 Å². The number of hydrogen-bond donors (Lipinski definition) is 1. The number of rotatable bonds is 4. The van der Waals surface area contributed by atoms with Crippen LogP contribution < -0.4 is 0 Å². The maximum Gasteiger partial charge on any atom is 0.310 e. The Morgan fingerprint density at radius 1 is 1.44 bits per heavy atom. The maximum absolute atomic E-state index is 11.4. The molecule has 0 amide bonds. The summed E-state index contributed by atoms with van der Waals surface area (Å²) in [6, 6.07) is 0. The molecule has 0 aromatic rings. The van der Waals surface area contributed by atoms with Crippen LogP contribution in [0.4, 0.5) is 0 Å². The number of nitrogens with zero attached hydrogens (tertiary/aromatic N) is 1. The third-order valence-corrected chi connectivity index (χ3v) is 4.53. The second kappa shape index (κ2) is 4.74. The molecule has 16 heavy (non-hydrogen) atoms. The normalized spacial score (nSPS) is 32.3. The van der Waals surface area contributed by atoms with Crippen LogP contribution in [0.3, 0.4) is 0 Å². The van der Waals surface area contributed by atoms with Crippen molar-refractivity contribution in [3.05, 3.63) is 0 Å². The van der Waals surface area contributed by atoms with Crippen LogP contribution in [0, 0.1) is 11.3 Å². The van der Waals surface area contributed by atoms with Gasteiger partial charge in [0.25, 0.3) is 0 Å². The third kappa shape index (κ3) is 2.24. The van der Waals surface area contributed by atoms with Crippen LogP contribution in [0.5, 0.6) is 0 Å². The van der Waals surface area contributed by atoms with E-state index in [1.54, 1.807) is 0 Å². The first-order valence-corrected chi connectivity index (χ1v) is 6.62. The SMILES string of the molecule is CCC1(C(=O)O)CCCN(CC2CCC2)C1. The molecule has 1 unspecified atom stereocenters. The molecule has 3 nitrogen and oxygen atoms in total. The molecule has 3 heteroatoms. The van der Waals surface area contributed by atoms with Crippen molar-refractivity contribution in [1.29, 1.82) is 0 Å². The van der Waals surface area contributed by atoms with Crippen molar-refractivity contribution in [1.82, 2.24) is 4.90 Å². The molecular weight excluding hydrogens is 202 g/mol. The number of piperidine rings is 1. The van der Waals surface area contributed by atoms with E-state index in [-0.39, 0.29) is 0 Å². The van der Waals surface area contributed by atoms with Gasteiger partial charge in [-0.25, -0.2) is 0 Å². The molecule has 0 bridgehead atoms. The molecule has 0 spiro atoms. The van der Waals surface area contributed by atoms with E-state index in [4.69, 9.17) is 0 Å². The molecule has 1 saturated carbocycles. The van der Waals surface area contributed by atoms with E-state index in [1.165, 1.54) is 19.3 Å². The molecule has 92 valence electrons. The van der Waals surface area contributed by atoms with Crippen molar-refractivity contribution in [3.63, 3.8) is 0 Å². The Kier molecular flexibility index (Phi) is 3.53. The molecule has 2 rings (SSSR count). The van der Waals surface area contributed by atoms with Crippen molar-refractivity contribution in [2.45, 2.75) is 45.4 Å². The van der Waals surface area contributed by atoms with E-state index in [0.717, 1.165) is 44.8 Å². The van der Waals surface area contributed by atoms with Crippen LogP contribution in [0.2, 0.25) is 0 Å². The van der Waals surface area contributed by atoms with Crippen LogP contribution >= 0.6 is 0 Å². The monoisotopic (exact) mass is 225 g/mol. The summed E-state index contributed by atoms with van der Waals surface area (Å²) >= 11 is 0. The summed E-state index contributed by atoms with van der Waals surface area (Å²) in [5.41, 5.74) is -0.456. The van der Waals surface area contributed by atoms with Gasteiger partial charge in [0.15, 0.2) is 0 Å². The molecule has 1 aliphatic carbocycles. The molecule has 0 aromatic heterocycles. The minimum Gasteiger partial charge on any atom is -0.481 e. The second-order valence-electron chi connectivity index (χ2n) is 5.57. The standard InChI is InChI=1S/C13H23NO2/c1-2-13(12(15)16)7-4-8-14(10-13)9-11-5-3-6-11/h11H,2-10H2,1H3,(H,15,16). The number of carboxylic acids is 1. The van der Waals surface area contributed by atoms with Gasteiger partial charge in [-0.1, -0.05) is 13.3 Å². The highest BCUT2D eigenvalue weighted by atomic mass is 16.4. The molecule has 2 fully saturated rings. The van der Waals surface area contributed by atoms with Gasteiger partial charge >= 0.3 is 5.97 Å². The Labute approximate surface area is 97.8 Å². The molecule has 2 aliphatic rings. The molecule has 1 atom stereocenters. The molecule has 1 heterocycles. The fourth-order valence-electron chi connectivity index (χ4n) is 3.04. The van der Waals surface area contributed by atoms with Gasteiger partial charge in [0, 0.05) is 13.1 Å². The second-order valence-corrected chi connectivity index (χ2v) is 5.57. The first-order chi connectivity index (χ1) is 7.66. The highest BCUT2D eigenvalue weighted by Gasteiger charge is 2.41. The van der Waals surface area contributed by atoms with E-state index >= 15 is 0 Å². The van der Waals surface area contributed by atoms with Crippen LogP contribution in [0.1, 0.15) is 45.4 Å². The van der Waals surface area contributed by atoms with E-state index in [2.05, 4.69) is 4.90 Å².